The van der Waals surface area contributed by atoms with Crippen molar-refractivity contribution in [1.82, 2.24) is 5.32 Å². The van der Waals surface area contributed by atoms with Crippen LogP contribution in [0.1, 0.15) is 6.92 Å². The van der Waals surface area contributed by atoms with Gasteiger partial charge >= 0.3 is 5.97 Å². The summed E-state index contributed by atoms with van der Waals surface area (Å²) in [7, 11) is 0. The lowest BCUT2D eigenvalue weighted by Gasteiger charge is -2.14. The molecule has 78 valence electrons. The highest BCUT2D eigenvalue weighted by Crippen LogP contribution is 2.23. The highest BCUT2D eigenvalue weighted by Gasteiger charge is 2.24. The normalized spacial score (nSPS) is 26.6. The van der Waals surface area contributed by atoms with Crippen molar-refractivity contribution < 1.29 is 14.7 Å². The number of aliphatic carboxylic acids is 1. The molecule has 1 aliphatic rings. The van der Waals surface area contributed by atoms with E-state index in [1.165, 1.54) is 0 Å². The van der Waals surface area contributed by atoms with E-state index in [9.17, 15) is 9.59 Å². The zero-order valence-electron chi connectivity index (χ0n) is 7.90. The predicted molar refractivity (Wildman–Crippen MR) is 55.2 cm³/mol. The second kappa shape index (κ2) is 5.05. The fourth-order valence-corrected chi connectivity index (χ4v) is 2.63. The summed E-state index contributed by atoms with van der Waals surface area (Å²) in [6.45, 7) is 2.08. The van der Waals surface area contributed by atoms with Gasteiger partial charge in [0, 0.05) is 23.9 Å². The third kappa shape index (κ3) is 3.41. The van der Waals surface area contributed by atoms with Crippen LogP contribution in [0.5, 0.6) is 0 Å². The molecule has 0 saturated carbocycles. The summed E-state index contributed by atoms with van der Waals surface area (Å²) in [5, 5.41) is 11.1. The van der Waals surface area contributed by atoms with Crippen LogP contribution in [0.2, 0.25) is 0 Å². The topological polar surface area (TPSA) is 66.4 Å². The first kappa shape index (κ1) is 11.1. The van der Waals surface area contributed by atoms with Crippen molar-refractivity contribution in [3.63, 3.8) is 0 Å². The number of nitrogens with one attached hydrogen (secondary N) is 1. The lowest BCUT2D eigenvalue weighted by Crippen LogP contribution is -2.37. The quantitative estimate of drug-likeness (QED) is 0.673. The monoisotopic (exact) mass is 215 g/mol. The number of thioether (sulfide) groups is 1. The first-order valence-corrected chi connectivity index (χ1v) is 5.54. The molecule has 2 N–H and O–H groups in total. The number of hydrogen-bond acceptors (Lipinski definition) is 3. The van der Waals surface area contributed by atoms with Crippen LogP contribution in [-0.4, -0.2) is 34.5 Å². The van der Waals surface area contributed by atoms with Crippen LogP contribution in [0.25, 0.3) is 0 Å². The maximum absolute atomic E-state index is 11.2. The van der Waals surface area contributed by atoms with Crippen molar-refractivity contribution in [1.29, 1.82) is 0 Å². The number of carboxylic acids is 1. The molecule has 1 amide bonds. The Labute approximate surface area is 86.8 Å². The Balaban J connectivity index is 2.36. The molecule has 2 atom stereocenters. The summed E-state index contributed by atoms with van der Waals surface area (Å²) in [5.41, 5.74) is 0. The van der Waals surface area contributed by atoms with Gasteiger partial charge in [-0.15, -0.1) is 0 Å². The van der Waals surface area contributed by atoms with Gasteiger partial charge in [-0.05, 0) is 11.7 Å². The number of carbonyl (C=O) groups excluding carboxylic acids is 1. The van der Waals surface area contributed by atoms with E-state index >= 15 is 0 Å². The van der Waals surface area contributed by atoms with E-state index in [1.807, 2.05) is 0 Å². The fraction of sp³-hybridized carbons (Fsp3) is 0.556. The summed E-state index contributed by atoms with van der Waals surface area (Å²) in [6.07, 6.45) is 1.90. The second-order valence-electron chi connectivity index (χ2n) is 3.30. The fourth-order valence-electron chi connectivity index (χ4n) is 1.22. The molecule has 0 aromatic carbocycles. The van der Waals surface area contributed by atoms with E-state index in [-0.39, 0.29) is 11.9 Å². The minimum atomic E-state index is -1.10. The maximum Gasteiger partial charge on any atom is 0.328 e. The molecular formula is C9H13NO3S. The van der Waals surface area contributed by atoms with E-state index in [0.29, 0.717) is 5.92 Å². The van der Waals surface area contributed by atoms with Gasteiger partial charge in [-0.1, -0.05) is 6.92 Å². The Morgan fingerprint density at radius 1 is 1.43 bits per heavy atom. The van der Waals surface area contributed by atoms with Crippen LogP contribution in [0.4, 0.5) is 0 Å². The van der Waals surface area contributed by atoms with E-state index in [2.05, 4.69) is 12.2 Å². The zero-order chi connectivity index (χ0) is 10.6. The SMILES string of the molecule is CC1CSCC1NC(=O)/C=C\C(=O)O. The average molecular weight is 215 g/mol. The summed E-state index contributed by atoms with van der Waals surface area (Å²) >= 11 is 1.80. The smallest absolute Gasteiger partial charge is 0.328 e. The van der Waals surface area contributed by atoms with Gasteiger partial charge in [0.2, 0.25) is 5.91 Å². The van der Waals surface area contributed by atoms with Crippen molar-refractivity contribution in [2.24, 2.45) is 5.92 Å². The van der Waals surface area contributed by atoms with Gasteiger partial charge in [0.25, 0.3) is 0 Å². The number of carboxylic acid groups (broad SMARTS) is 1. The molecule has 0 aliphatic carbocycles. The van der Waals surface area contributed by atoms with E-state index in [1.54, 1.807) is 11.8 Å². The van der Waals surface area contributed by atoms with E-state index in [0.717, 1.165) is 23.7 Å². The molecule has 2 unspecified atom stereocenters. The third-order valence-corrected chi connectivity index (χ3v) is 3.43. The summed E-state index contributed by atoms with van der Waals surface area (Å²) in [6, 6.07) is 0.172. The summed E-state index contributed by atoms with van der Waals surface area (Å²) < 4.78 is 0. The minimum absolute atomic E-state index is 0.172. The maximum atomic E-state index is 11.2. The first-order valence-electron chi connectivity index (χ1n) is 4.39. The molecule has 5 heteroatoms. The largest absolute Gasteiger partial charge is 0.478 e. The standard InChI is InChI=1S/C9H13NO3S/c1-6-4-14-5-7(6)10-8(11)2-3-9(12)13/h2-3,6-7H,4-5H2,1H3,(H,10,11)(H,12,13)/b3-2-. The number of amides is 1. The molecule has 0 spiro atoms. The molecule has 4 nitrogen and oxygen atoms in total. The molecule has 0 bridgehead atoms. The lowest BCUT2D eigenvalue weighted by atomic mass is 10.1. The molecule has 0 radical (unpaired) electrons. The van der Waals surface area contributed by atoms with Gasteiger partial charge in [-0.25, -0.2) is 4.79 Å². The van der Waals surface area contributed by atoms with Crippen molar-refractivity contribution in [2.75, 3.05) is 11.5 Å². The van der Waals surface area contributed by atoms with E-state index < -0.39 is 5.97 Å². The van der Waals surface area contributed by atoms with Gasteiger partial charge in [-0.2, -0.15) is 11.8 Å². The second-order valence-corrected chi connectivity index (χ2v) is 4.38. The molecule has 14 heavy (non-hydrogen) atoms. The van der Waals surface area contributed by atoms with Gasteiger partial charge in [0.1, 0.15) is 0 Å². The Bertz CT molecular complexity index is 265. The van der Waals surface area contributed by atoms with Crippen LogP contribution in [0.3, 0.4) is 0 Å². The molecule has 0 aromatic heterocycles. The van der Waals surface area contributed by atoms with Gasteiger partial charge < -0.3 is 10.4 Å². The summed E-state index contributed by atoms with van der Waals surface area (Å²) in [4.78, 5) is 21.3. The Hall–Kier alpha value is -0.970. The molecule has 1 rings (SSSR count). The van der Waals surface area contributed by atoms with Gasteiger partial charge in [0.15, 0.2) is 0 Å². The highest BCUT2D eigenvalue weighted by molar-refractivity contribution is 7.99. The van der Waals surface area contributed by atoms with Crippen LogP contribution in [0.15, 0.2) is 12.2 Å². The van der Waals surface area contributed by atoms with Crippen molar-refractivity contribution in [3.05, 3.63) is 12.2 Å². The molecule has 1 aliphatic heterocycles. The molecule has 0 aromatic rings. The number of hydrogen-bond donors (Lipinski definition) is 2. The van der Waals surface area contributed by atoms with Crippen LogP contribution in [-0.2, 0) is 9.59 Å². The Morgan fingerprint density at radius 2 is 2.14 bits per heavy atom. The van der Waals surface area contributed by atoms with E-state index in [4.69, 9.17) is 5.11 Å². The average Bonchev–Trinajstić information content (AvgIpc) is 2.49. The van der Waals surface area contributed by atoms with Crippen LogP contribution < -0.4 is 5.32 Å². The Morgan fingerprint density at radius 3 is 2.64 bits per heavy atom. The molecule has 1 heterocycles. The predicted octanol–water partition coefficient (Wildman–Crippen LogP) is 0.495. The molecule has 1 saturated heterocycles. The van der Waals surface area contributed by atoms with Gasteiger partial charge in [-0.3, -0.25) is 4.79 Å². The highest BCUT2D eigenvalue weighted by atomic mass is 32.2. The molecular weight excluding hydrogens is 202 g/mol. The van der Waals surface area contributed by atoms with Gasteiger partial charge in [0.05, 0.1) is 0 Å². The van der Waals surface area contributed by atoms with Crippen LogP contribution in [0, 0.1) is 5.92 Å². The van der Waals surface area contributed by atoms with Crippen molar-refractivity contribution in [3.8, 4) is 0 Å². The van der Waals surface area contributed by atoms with Crippen LogP contribution >= 0.6 is 11.8 Å². The van der Waals surface area contributed by atoms with Crippen molar-refractivity contribution >= 4 is 23.6 Å². The first-order chi connectivity index (χ1) is 6.59. The van der Waals surface area contributed by atoms with Crippen molar-refractivity contribution in [2.45, 2.75) is 13.0 Å². The number of carbonyl (C=O) groups is 2. The lowest BCUT2D eigenvalue weighted by molar-refractivity contribution is -0.131. The minimum Gasteiger partial charge on any atom is -0.478 e. The zero-order valence-corrected chi connectivity index (χ0v) is 8.71. The summed E-state index contributed by atoms with van der Waals surface area (Å²) in [5.74, 6) is 0.990. The Kier molecular flexibility index (Phi) is 4.00. The molecule has 1 fully saturated rings. The third-order valence-electron chi connectivity index (χ3n) is 2.07. The number of rotatable bonds is 3.